The van der Waals surface area contributed by atoms with E-state index in [1.165, 1.54) is 0 Å². The van der Waals surface area contributed by atoms with Crippen molar-refractivity contribution in [3.63, 3.8) is 0 Å². The van der Waals surface area contributed by atoms with Crippen LogP contribution in [0.2, 0.25) is 0 Å². The van der Waals surface area contributed by atoms with Crippen LogP contribution in [0.1, 0.15) is 5.56 Å². The quantitative estimate of drug-likeness (QED) is 0.492. The summed E-state index contributed by atoms with van der Waals surface area (Å²) in [4.78, 5) is 0. The summed E-state index contributed by atoms with van der Waals surface area (Å²) in [5.41, 5.74) is 5.00. The van der Waals surface area contributed by atoms with Gasteiger partial charge in [0.05, 0.1) is 5.69 Å². The van der Waals surface area contributed by atoms with E-state index in [1.54, 1.807) is 0 Å². The topological polar surface area (TPSA) is 35.2 Å². The first-order valence-electron chi connectivity index (χ1n) is 3.73. The number of hydrogen-bond donors (Lipinski definition) is 1. The average Bonchev–Trinajstić information content (AvgIpc) is 2.08. The first-order chi connectivity index (χ1) is 6.83. The first kappa shape index (κ1) is 11.9. The predicted molar refractivity (Wildman–Crippen MR) is 47.1 cm³/mol. The molecule has 1 aromatic carbocycles. The predicted octanol–water partition coefficient (Wildman–Crippen LogP) is 3.05. The van der Waals surface area contributed by atoms with E-state index in [4.69, 9.17) is 17.3 Å². The van der Waals surface area contributed by atoms with E-state index >= 15 is 0 Å². The first-order valence-corrected chi connectivity index (χ1v) is 4.26. The molecule has 0 heterocycles. The van der Waals surface area contributed by atoms with Gasteiger partial charge in [-0.05, 0) is 11.6 Å². The maximum absolute atomic E-state index is 13.0. The third-order valence-corrected chi connectivity index (χ3v) is 1.85. The minimum atomic E-state index is -4.87. The molecule has 0 atom stereocenters. The van der Waals surface area contributed by atoms with Crippen LogP contribution >= 0.6 is 11.6 Å². The van der Waals surface area contributed by atoms with E-state index in [0.717, 1.165) is 6.07 Å². The summed E-state index contributed by atoms with van der Waals surface area (Å²) in [7, 11) is 0. The molecule has 0 aliphatic heterocycles. The molecule has 0 amide bonds. The van der Waals surface area contributed by atoms with Crippen molar-refractivity contribution < 1.29 is 22.3 Å². The molecule has 15 heavy (non-hydrogen) atoms. The number of nitrogen functional groups attached to an aromatic ring is 1. The maximum Gasteiger partial charge on any atom is 0.573 e. The van der Waals surface area contributed by atoms with Crippen molar-refractivity contribution >= 4 is 17.3 Å². The molecule has 0 bridgehead atoms. The third-order valence-electron chi connectivity index (χ3n) is 1.57. The second-order valence-electron chi connectivity index (χ2n) is 2.66. The van der Waals surface area contributed by atoms with Crippen molar-refractivity contribution in [3.05, 3.63) is 23.5 Å². The Bertz CT molecular complexity index is 366. The highest BCUT2D eigenvalue weighted by molar-refractivity contribution is 6.17. The lowest BCUT2D eigenvalue weighted by atomic mass is 10.2. The van der Waals surface area contributed by atoms with Crippen LogP contribution in [0.5, 0.6) is 5.75 Å². The molecule has 0 saturated carbocycles. The Labute approximate surface area is 87.6 Å². The smallest absolute Gasteiger partial charge is 0.406 e. The van der Waals surface area contributed by atoms with E-state index in [0.29, 0.717) is 6.07 Å². The number of anilines is 1. The molecule has 1 aromatic rings. The summed E-state index contributed by atoms with van der Waals surface area (Å²) >= 11 is 5.36. The van der Waals surface area contributed by atoms with Gasteiger partial charge >= 0.3 is 6.36 Å². The molecule has 0 aliphatic rings. The van der Waals surface area contributed by atoms with Crippen LogP contribution in [0.25, 0.3) is 0 Å². The number of rotatable bonds is 2. The molecule has 0 saturated heterocycles. The van der Waals surface area contributed by atoms with Crippen LogP contribution in [-0.4, -0.2) is 6.36 Å². The lowest BCUT2D eigenvalue weighted by Crippen LogP contribution is -2.17. The van der Waals surface area contributed by atoms with Crippen LogP contribution < -0.4 is 10.5 Å². The van der Waals surface area contributed by atoms with Crippen molar-refractivity contribution in [3.8, 4) is 5.75 Å². The lowest BCUT2D eigenvalue weighted by molar-refractivity contribution is -0.274. The van der Waals surface area contributed by atoms with Gasteiger partial charge in [-0.15, -0.1) is 24.8 Å². The molecule has 0 aromatic heterocycles. The Balaban J connectivity index is 3.06. The second-order valence-corrected chi connectivity index (χ2v) is 2.93. The summed E-state index contributed by atoms with van der Waals surface area (Å²) < 4.78 is 51.9. The number of halogens is 5. The van der Waals surface area contributed by atoms with Crippen molar-refractivity contribution in [1.82, 2.24) is 0 Å². The summed E-state index contributed by atoms with van der Waals surface area (Å²) in [6.45, 7) is 0. The van der Waals surface area contributed by atoms with Gasteiger partial charge in [0.25, 0.3) is 0 Å². The zero-order chi connectivity index (χ0) is 11.6. The summed E-state index contributed by atoms with van der Waals surface area (Å²) in [6.07, 6.45) is -4.87. The van der Waals surface area contributed by atoms with Gasteiger partial charge in [0.15, 0.2) is 0 Å². The molecule has 84 valence electrons. The molecular weight excluding hydrogens is 238 g/mol. The largest absolute Gasteiger partial charge is 0.573 e. The molecule has 7 heteroatoms. The van der Waals surface area contributed by atoms with Crippen LogP contribution in [-0.2, 0) is 5.88 Å². The molecule has 0 fully saturated rings. The number of hydrogen-bond acceptors (Lipinski definition) is 2. The van der Waals surface area contributed by atoms with Crippen molar-refractivity contribution in [2.75, 3.05) is 5.73 Å². The Morgan fingerprint density at radius 1 is 1.33 bits per heavy atom. The summed E-state index contributed by atoms with van der Waals surface area (Å²) in [5, 5.41) is 0. The Morgan fingerprint density at radius 2 is 1.93 bits per heavy atom. The van der Waals surface area contributed by atoms with E-state index in [1.807, 2.05) is 0 Å². The molecule has 2 nitrogen and oxygen atoms in total. The Morgan fingerprint density at radius 3 is 2.40 bits per heavy atom. The lowest BCUT2D eigenvalue weighted by Gasteiger charge is -2.11. The summed E-state index contributed by atoms with van der Waals surface area (Å²) in [6, 6.07) is 1.50. The number of ether oxygens (including phenoxy) is 1. The normalized spacial score (nSPS) is 11.5. The fourth-order valence-corrected chi connectivity index (χ4v) is 1.17. The van der Waals surface area contributed by atoms with Crippen LogP contribution in [0.15, 0.2) is 12.1 Å². The standard InChI is InChI=1S/C8H6ClF4NO/c9-3-4-1-5(15-8(11,12)13)2-6(10)7(4)14/h1-2H,3,14H2. The van der Waals surface area contributed by atoms with Gasteiger partial charge in [0, 0.05) is 11.9 Å². The van der Waals surface area contributed by atoms with Gasteiger partial charge < -0.3 is 10.5 Å². The highest BCUT2D eigenvalue weighted by Crippen LogP contribution is 2.29. The van der Waals surface area contributed by atoms with Crippen molar-refractivity contribution in [2.24, 2.45) is 0 Å². The van der Waals surface area contributed by atoms with Crippen LogP contribution in [0, 0.1) is 5.82 Å². The molecule has 2 N–H and O–H groups in total. The second kappa shape index (κ2) is 4.14. The zero-order valence-electron chi connectivity index (χ0n) is 7.24. The SMILES string of the molecule is Nc1c(F)cc(OC(F)(F)F)cc1CCl. The van der Waals surface area contributed by atoms with Crippen LogP contribution in [0.4, 0.5) is 23.2 Å². The minimum absolute atomic E-state index is 0.0518. The van der Waals surface area contributed by atoms with E-state index in [-0.39, 0.29) is 17.1 Å². The summed E-state index contributed by atoms with van der Waals surface area (Å²) in [5.74, 6) is -1.87. The van der Waals surface area contributed by atoms with Gasteiger partial charge in [0.1, 0.15) is 11.6 Å². The van der Waals surface area contributed by atoms with Gasteiger partial charge in [-0.3, -0.25) is 0 Å². The number of nitrogens with two attached hydrogens (primary N) is 1. The van der Waals surface area contributed by atoms with E-state index in [2.05, 4.69) is 4.74 Å². The number of alkyl halides is 4. The molecule has 0 radical (unpaired) electrons. The highest BCUT2D eigenvalue weighted by atomic mass is 35.5. The van der Waals surface area contributed by atoms with Crippen LogP contribution in [0.3, 0.4) is 0 Å². The minimum Gasteiger partial charge on any atom is -0.406 e. The van der Waals surface area contributed by atoms with E-state index < -0.39 is 17.9 Å². The Kier molecular flexibility index (Phi) is 3.28. The Hall–Kier alpha value is -1.17. The zero-order valence-corrected chi connectivity index (χ0v) is 7.99. The third kappa shape index (κ3) is 3.16. The molecular formula is C8H6ClF4NO. The fourth-order valence-electron chi connectivity index (χ4n) is 0.950. The molecule has 0 spiro atoms. The average molecular weight is 244 g/mol. The molecule has 0 aliphatic carbocycles. The molecule has 1 rings (SSSR count). The van der Waals surface area contributed by atoms with Crippen molar-refractivity contribution in [2.45, 2.75) is 12.2 Å². The monoisotopic (exact) mass is 243 g/mol. The van der Waals surface area contributed by atoms with Gasteiger partial charge in [0.2, 0.25) is 0 Å². The van der Waals surface area contributed by atoms with Gasteiger partial charge in [-0.2, -0.15) is 0 Å². The van der Waals surface area contributed by atoms with Gasteiger partial charge in [-0.25, -0.2) is 4.39 Å². The maximum atomic E-state index is 13.0. The van der Waals surface area contributed by atoms with Crippen molar-refractivity contribution in [1.29, 1.82) is 0 Å². The fraction of sp³-hybridized carbons (Fsp3) is 0.250. The number of benzene rings is 1. The molecule has 0 unspecified atom stereocenters. The van der Waals surface area contributed by atoms with Gasteiger partial charge in [-0.1, -0.05) is 0 Å². The van der Waals surface area contributed by atoms with E-state index in [9.17, 15) is 17.6 Å². The highest BCUT2D eigenvalue weighted by Gasteiger charge is 2.31.